The highest BCUT2D eigenvalue weighted by atomic mass is 32.2. The van der Waals surface area contributed by atoms with E-state index in [0.717, 1.165) is 22.9 Å². The van der Waals surface area contributed by atoms with Gasteiger partial charge in [-0.2, -0.15) is 4.98 Å². The smallest absolute Gasteiger partial charge is 0.320 e. The molecular weight excluding hydrogens is 244 g/mol. The van der Waals surface area contributed by atoms with Crippen molar-refractivity contribution in [2.45, 2.75) is 16.8 Å². The van der Waals surface area contributed by atoms with E-state index in [1.807, 2.05) is 0 Å². The van der Waals surface area contributed by atoms with E-state index in [-0.39, 0.29) is 16.7 Å². The summed E-state index contributed by atoms with van der Waals surface area (Å²) in [6, 6.07) is 1.71. The minimum absolute atomic E-state index is 0.000696. The predicted molar refractivity (Wildman–Crippen MR) is 60.7 cm³/mol. The molecule has 17 heavy (non-hydrogen) atoms. The Labute approximate surface area is 100 Å². The van der Waals surface area contributed by atoms with Crippen LogP contribution in [0.15, 0.2) is 32.9 Å². The molecule has 2 N–H and O–H groups in total. The quantitative estimate of drug-likeness (QED) is 0.505. The van der Waals surface area contributed by atoms with Gasteiger partial charge in [0.15, 0.2) is 5.03 Å². The SMILES string of the molecule is Cc1occc1Sc1nc(N)ncc1[N+](=O)[O-]. The molecular formula is C9H8N4O3S. The average molecular weight is 252 g/mol. The summed E-state index contributed by atoms with van der Waals surface area (Å²) in [5.41, 5.74) is 5.24. The van der Waals surface area contributed by atoms with Crippen molar-refractivity contribution in [3.05, 3.63) is 34.4 Å². The van der Waals surface area contributed by atoms with Crippen LogP contribution in [0.25, 0.3) is 0 Å². The second-order valence-corrected chi connectivity index (χ2v) is 4.15. The van der Waals surface area contributed by atoms with Gasteiger partial charge in [0.1, 0.15) is 12.0 Å². The lowest BCUT2D eigenvalue weighted by atomic mass is 10.5. The molecule has 0 atom stereocenters. The maximum absolute atomic E-state index is 10.8. The maximum atomic E-state index is 10.8. The standard InChI is InChI=1S/C9H8N4O3S/c1-5-7(2-3-16-5)17-8-6(13(14)15)4-11-9(10)12-8/h2-4H,1H3,(H2,10,11,12). The summed E-state index contributed by atoms with van der Waals surface area (Å²) in [5.74, 6) is 0.667. The Morgan fingerprint density at radius 3 is 2.94 bits per heavy atom. The van der Waals surface area contributed by atoms with Crippen molar-refractivity contribution in [1.29, 1.82) is 0 Å². The van der Waals surface area contributed by atoms with Crippen molar-refractivity contribution in [2.24, 2.45) is 0 Å². The number of nitrogens with zero attached hydrogens (tertiary/aromatic N) is 3. The molecule has 0 saturated carbocycles. The van der Waals surface area contributed by atoms with Crippen LogP contribution in [0.2, 0.25) is 0 Å². The Bertz CT molecular complexity index is 569. The Morgan fingerprint density at radius 2 is 2.35 bits per heavy atom. The lowest BCUT2D eigenvalue weighted by Gasteiger charge is -2.01. The van der Waals surface area contributed by atoms with Crippen molar-refractivity contribution in [3.8, 4) is 0 Å². The van der Waals surface area contributed by atoms with Crippen LogP contribution in [0.4, 0.5) is 11.6 Å². The van der Waals surface area contributed by atoms with Crippen molar-refractivity contribution in [2.75, 3.05) is 5.73 Å². The zero-order valence-electron chi connectivity index (χ0n) is 8.78. The van der Waals surface area contributed by atoms with Crippen molar-refractivity contribution >= 4 is 23.4 Å². The zero-order chi connectivity index (χ0) is 12.4. The van der Waals surface area contributed by atoms with Crippen LogP contribution in [0.5, 0.6) is 0 Å². The largest absolute Gasteiger partial charge is 0.468 e. The van der Waals surface area contributed by atoms with Crippen LogP contribution < -0.4 is 5.73 Å². The Morgan fingerprint density at radius 1 is 1.59 bits per heavy atom. The lowest BCUT2D eigenvalue weighted by Crippen LogP contribution is -2.00. The third kappa shape index (κ3) is 2.36. The molecule has 0 aliphatic heterocycles. The van der Waals surface area contributed by atoms with Gasteiger partial charge in [-0.1, -0.05) is 11.8 Å². The second kappa shape index (κ2) is 4.42. The summed E-state index contributed by atoms with van der Waals surface area (Å²) in [4.78, 5) is 18.5. The highest BCUT2D eigenvalue weighted by molar-refractivity contribution is 7.99. The van der Waals surface area contributed by atoms with E-state index >= 15 is 0 Å². The maximum Gasteiger partial charge on any atom is 0.320 e. The van der Waals surface area contributed by atoms with E-state index in [4.69, 9.17) is 10.2 Å². The zero-order valence-corrected chi connectivity index (χ0v) is 9.60. The van der Waals surface area contributed by atoms with Gasteiger partial charge in [-0.15, -0.1) is 0 Å². The van der Waals surface area contributed by atoms with Gasteiger partial charge in [0.25, 0.3) is 0 Å². The number of aryl methyl sites for hydroxylation is 1. The van der Waals surface area contributed by atoms with Crippen molar-refractivity contribution in [1.82, 2.24) is 9.97 Å². The van der Waals surface area contributed by atoms with Crippen molar-refractivity contribution in [3.63, 3.8) is 0 Å². The Balaban J connectivity index is 2.41. The first-order valence-electron chi connectivity index (χ1n) is 4.57. The summed E-state index contributed by atoms with van der Waals surface area (Å²) in [7, 11) is 0. The molecule has 2 heterocycles. The molecule has 0 aliphatic carbocycles. The third-order valence-corrected chi connectivity index (χ3v) is 3.11. The van der Waals surface area contributed by atoms with Crippen LogP contribution in [-0.2, 0) is 0 Å². The molecule has 0 fully saturated rings. The number of nitrogens with two attached hydrogens (primary N) is 1. The monoisotopic (exact) mass is 252 g/mol. The van der Waals surface area contributed by atoms with Gasteiger partial charge in [-0.3, -0.25) is 10.1 Å². The molecule has 0 radical (unpaired) electrons. The van der Waals surface area contributed by atoms with Crippen LogP contribution in [0.1, 0.15) is 5.76 Å². The number of hydrogen-bond acceptors (Lipinski definition) is 7. The van der Waals surface area contributed by atoms with E-state index in [1.165, 1.54) is 6.26 Å². The topological polar surface area (TPSA) is 108 Å². The van der Waals surface area contributed by atoms with E-state index in [9.17, 15) is 10.1 Å². The minimum atomic E-state index is -0.544. The van der Waals surface area contributed by atoms with E-state index in [1.54, 1.807) is 13.0 Å². The fraction of sp³-hybridized carbons (Fsp3) is 0.111. The van der Waals surface area contributed by atoms with E-state index < -0.39 is 4.92 Å². The molecule has 8 heteroatoms. The molecule has 88 valence electrons. The molecule has 2 aromatic rings. The number of hydrogen-bond donors (Lipinski definition) is 1. The number of nitrogen functional groups attached to an aromatic ring is 1. The number of rotatable bonds is 3. The predicted octanol–water partition coefficient (Wildman–Crippen LogP) is 2.02. The first-order chi connectivity index (χ1) is 8.08. The third-order valence-electron chi connectivity index (χ3n) is 1.97. The number of nitro groups is 1. The molecule has 0 unspecified atom stereocenters. The van der Waals surface area contributed by atoms with Crippen LogP contribution >= 0.6 is 11.8 Å². The van der Waals surface area contributed by atoms with Crippen LogP contribution in [-0.4, -0.2) is 14.9 Å². The van der Waals surface area contributed by atoms with Crippen molar-refractivity contribution < 1.29 is 9.34 Å². The molecule has 2 aromatic heterocycles. The van der Waals surface area contributed by atoms with E-state index in [0.29, 0.717) is 5.76 Å². The van der Waals surface area contributed by atoms with Gasteiger partial charge < -0.3 is 10.2 Å². The summed E-state index contributed by atoms with van der Waals surface area (Å²) in [6.07, 6.45) is 2.61. The molecule has 2 rings (SSSR count). The van der Waals surface area contributed by atoms with Gasteiger partial charge in [-0.05, 0) is 13.0 Å². The molecule has 0 bridgehead atoms. The van der Waals surface area contributed by atoms with Gasteiger partial charge in [0, 0.05) is 0 Å². The molecule has 0 amide bonds. The number of aromatic nitrogens is 2. The minimum Gasteiger partial charge on any atom is -0.468 e. The number of anilines is 1. The van der Waals surface area contributed by atoms with Gasteiger partial charge in [-0.25, -0.2) is 4.98 Å². The van der Waals surface area contributed by atoms with Crippen LogP contribution in [0, 0.1) is 17.0 Å². The van der Waals surface area contributed by atoms with Gasteiger partial charge in [0.2, 0.25) is 5.95 Å². The van der Waals surface area contributed by atoms with Gasteiger partial charge in [0.05, 0.1) is 16.1 Å². The van der Waals surface area contributed by atoms with E-state index in [2.05, 4.69) is 9.97 Å². The van der Waals surface area contributed by atoms with Crippen LogP contribution in [0.3, 0.4) is 0 Å². The Kier molecular flexibility index (Phi) is 2.96. The fourth-order valence-corrected chi connectivity index (χ4v) is 2.05. The van der Waals surface area contributed by atoms with Gasteiger partial charge >= 0.3 is 5.69 Å². The Hall–Kier alpha value is -2.09. The summed E-state index contributed by atoms with van der Waals surface area (Å²) >= 11 is 1.12. The summed E-state index contributed by atoms with van der Waals surface area (Å²) in [5, 5.41) is 11.0. The molecule has 0 aliphatic rings. The molecule has 0 saturated heterocycles. The molecule has 0 spiro atoms. The number of furan rings is 1. The molecule has 0 aromatic carbocycles. The average Bonchev–Trinajstić information content (AvgIpc) is 2.64. The highest BCUT2D eigenvalue weighted by Crippen LogP contribution is 2.34. The fourth-order valence-electron chi connectivity index (χ4n) is 1.16. The first kappa shape index (κ1) is 11.4. The summed E-state index contributed by atoms with van der Waals surface area (Å²) < 4.78 is 5.10. The lowest BCUT2D eigenvalue weighted by molar-refractivity contribution is -0.388. The molecule has 7 nitrogen and oxygen atoms in total. The normalized spacial score (nSPS) is 10.4. The summed E-state index contributed by atoms with van der Waals surface area (Å²) in [6.45, 7) is 1.76. The second-order valence-electron chi connectivity index (χ2n) is 3.12. The first-order valence-corrected chi connectivity index (χ1v) is 5.38. The highest BCUT2D eigenvalue weighted by Gasteiger charge is 2.19.